The van der Waals surface area contributed by atoms with Crippen molar-refractivity contribution in [1.29, 1.82) is 0 Å². The van der Waals surface area contributed by atoms with E-state index in [1.54, 1.807) is 6.07 Å². The minimum absolute atomic E-state index is 0.0585. The molecule has 2 fully saturated rings. The summed E-state index contributed by atoms with van der Waals surface area (Å²) >= 11 is 6.87. The first-order chi connectivity index (χ1) is 15.0. The number of hydrogen-bond donors (Lipinski definition) is 2. The van der Waals surface area contributed by atoms with Gasteiger partial charge < -0.3 is 14.9 Å². The van der Waals surface area contributed by atoms with Gasteiger partial charge in [0.2, 0.25) is 11.8 Å². The predicted octanol–water partition coefficient (Wildman–Crippen LogP) is 3.23. The molecule has 0 radical (unpaired) electrons. The molecule has 3 unspecified atom stereocenters. The van der Waals surface area contributed by atoms with Gasteiger partial charge in [-0.25, -0.2) is 4.79 Å². The fourth-order valence-electron chi connectivity index (χ4n) is 5.28. The topological polar surface area (TPSA) is 107 Å². The smallest absolute Gasteiger partial charge is 0.407 e. The van der Waals surface area contributed by atoms with E-state index in [4.69, 9.17) is 11.6 Å². The van der Waals surface area contributed by atoms with Gasteiger partial charge in [0.25, 0.3) is 5.91 Å². The molecule has 3 aliphatic rings. The Morgan fingerprint density at radius 3 is 2.53 bits per heavy atom. The van der Waals surface area contributed by atoms with Gasteiger partial charge in [0.1, 0.15) is 6.04 Å². The van der Waals surface area contributed by atoms with Crippen molar-refractivity contribution in [1.82, 2.24) is 15.1 Å². The van der Waals surface area contributed by atoms with Crippen LogP contribution in [0.3, 0.4) is 0 Å². The van der Waals surface area contributed by atoms with Crippen LogP contribution in [0.4, 0.5) is 4.79 Å². The normalized spacial score (nSPS) is 26.2. The SMILES string of the molecule is CC(C)(C)C1CN(C(=O)O)CCC1c1ccc2c(c1Cl)CN(C1CCC(=O)NC1=O)C2=O. The molecular weight excluding hydrogens is 434 g/mol. The van der Waals surface area contributed by atoms with Crippen molar-refractivity contribution >= 4 is 35.4 Å². The number of carbonyl (C=O) groups excluding carboxylic acids is 3. The van der Waals surface area contributed by atoms with E-state index < -0.39 is 18.0 Å². The maximum absolute atomic E-state index is 13.0. The Balaban J connectivity index is 1.64. The zero-order chi connectivity index (χ0) is 23.4. The van der Waals surface area contributed by atoms with E-state index in [1.165, 1.54) is 9.80 Å². The van der Waals surface area contributed by atoms with E-state index in [0.29, 0.717) is 42.1 Å². The number of rotatable bonds is 2. The Hall–Kier alpha value is -2.61. The first-order valence-electron chi connectivity index (χ1n) is 10.9. The molecule has 0 bridgehead atoms. The van der Waals surface area contributed by atoms with Crippen molar-refractivity contribution in [3.8, 4) is 0 Å². The van der Waals surface area contributed by atoms with Crippen LogP contribution in [-0.2, 0) is 16.1 Å². The molecule has 0 aliphatic carbocycles. The highest BCUT2D eigenvalue weighted by molar-refractivity contribution is 6.33. The maximum Gasteiger partial charge on any atom is 0.407 e. The highest BCUT2D eigenvalue weighted by atomic mass is 35.5. The Labute approximate surface area is 191 Å². The lowest BCUT2D eigenvalue weighted by Gasteiger charge is -2.44. The summed E-state index contributed by atoms with van der Waals surface area (Å²) in [5.41, 5.74) is 1.97. The number of fused-ring (bicyclic) bond motifs is 1. The number of imide groups is 1. The Morgan fingerprint density at radius 2 is 1.91 bits per heavy atom. The van der Waals surface area contributed by atoms with Crippen molar-refractivity contribution in [3.05, 3.63) is 33.8 Å². The molecule has 32 heavy (non-hydrogen) atoms. The van der Waals surface area contributed by atoms with Crippen molar-refractivity contribution < 1.29 is 24.3 Å². The molecule has 4 amide bonds. The van der Waals surface area contributed by atoms with Crippen molar-refractivity contribution in [3.63, 3.8) is 0 Å². The highest BCUT2D eigenvalue weighted by Gasteiger charge is 2.43. The van der Waals surface area contributed by atoms with E-state index in [0.717, 1.165) is 5.56 Å². The van der Waals surface area contributed by atoms with Crippen molar-refractivity contribution in [2.24, 2.45) is 11.3 Å². The molecule has 0 aromatic heterocycles. The third kappa shape index (κ3) is 3.85. The lowest BCUT2D eigenvalue weighted by atomic mass is 9.67. The van der Waals surface area contributed by atoms with Crippen LogP contribution in [0.1, 0.15) is 67.4 Å². The van der Waals surface area contributed by atoms with E-state index in [2.05, 4.69) is 26.1 Å². The summed E-state index contributed by atoms with van der Waals surface area (Å²) in [6.45, 7) is 7.39. The van der Waals surface area contributed by atoms with Gasteiger partial charge in [0, 0.05) is 42.2 Å². The Morgan fingerprint density at radius 1 is 1.19 bits per heavy atom. The van der Waals surface area contributed by atoms with Gasteiger partial charge in [-0.3, -0.25) is 19.7 Å². The van der Waals surface area contributed by atoms with Gasteiger partial charge in [-0.2, -0.15) is 0 Å². The molecule has 3 heterocycles. The number of hydrogen-bond acceptors (Lipinski definition) is 4. The molecule has 2 saturated heterocycles. The van der Waals surface area contributed by atoms with Gasteiger partial charge in [-0.05, 0) is 41.7 Å². The van der Waals surface area contributed by atoms with E-state index in [1.807, 2.05) is 6.07 Å². The van der Waals surface area contributed by atoms with Gasteiger partial charge >= 0.3 is 6.09 Å². The van der Waals surface area contributed by atoms with E-state index >= 15 is 0 Å². The first-order valence-corrected chi connectivity index (χ1v) is 11.3. The summed E-state index contributed by atoms with van der Waals surface area (Å²) in [5, 5.41) is 12.3. The van der Waals surface area contributed by atoms with Gasteiger partial charge in [0.05, 0.1) is 0 Å². The number of nitrogens with zero attached hydrogens (tertiary/aromatic N) is 2. The number of halogens is 1. The molecule has 0 saturated carbocycles. The average molecular weight is 462 g/mol. The lowest BCUT2D eigenvalue weighted by molar-refractivity contribution is -0.136. The molecule has 2 N–H and O–H groups in total. The van der Waals surface area contributed by atoms with E-state index in [-0.39, 0.29) is 42.0 Å². The van der Waals surface area contributed by atoms with Crippen LogP contribution in [0.2, 0.25) is 5.02 Å². The van der Waals surface area contributed by atoms with Gasteiger partial charge in [-0.1, -0.05) is 38.4 Å². The summed E-state index contributed by atoms with van der Waals surface area (Å²) in [6, 6.07) is 2.97. The van der Waals surface area contributed by atoms with Crippen LogP contribution < -0.4 is 5.32 Å². The molecule has 3 atom stereocenters. The second-order valence-electron chi connectivity index (χ2n) is 9.99. The Kier molecular flexibility index (Phi) is 5.69. The summed E-state index contributed by atoms with van der Waals surface area (Å²) in [6.07, 6.45) is 0.236. The molecule has 1 aromatic rings. The number of amides is 4. The molecule has 9 heteroatoms. The summed E-state index contributed by atoms with van der Waals surface area (Å²) in [4.78, 5) is 51.4. The monoisotopic (exact) mass is 461 g/mol. The number of likely N-dealkylation sites (tertiary alicyclic amines) is 1. The third-order valence-corrected chi connectivity index (χ3v) is 7.52. The quantitative estimate of drug-likeness (QED) is 0.657. The maximum atomic E-state index is 13.0. The standard InChI is InChI=1S/C23H28ClN3O5/c1-23(2,3)16-11-26(22(31)32)9-8-12(16)13-4-5-14-15(19(13)24)10-27(21(14)30)17-6-7-18(28)25-20(17)29/h4-5,12,16-17H,6-11H2,1-3H3,(H,31,32)(H,25,28,29). The molecule has 0 spiro atoms. The predicted molar refractivity (Wildman–Crippen MR) is 117 cm³/mol. The molecule has 3 aliphatic heterocycles. The minimum atomic E-state index is -0.914. The van der Waals surface area contributed by atoms with Crippen LogP contribution in [0.15, 0.2) is 12.1 Å². The third-order valence-electron chi connectivity index (χ3n) is 7.07. The first kappa shape index (κ1) is 22.6. The number of carbonyl (C=O) groups is 4. The summed E-state index contributed by atoms with van der Waals surface area (Å²) < 4.78 is 0. The summed E-state index contributed by atoms with van der Waals surface area (Å²) in [5.74, 6) is -0.908. The number of piperidine rings is 2. The van der Waals surface area contributed by atoms with Crippen molar-refractivity contribution in [2.75, 3.05) is 13.1 Å². The molecular formula is C23H28ClN3O5. The highest BCUT2D eigenvalue weighted by Crippen LogP contribution is 2.47. The van der Waals surface area contributed by atoms with Crippen LogP contribution in [0, 0.1) is 11.3 Å². The Bertz CT molecular complexity index is 1000. The second kappa shape index (κ2) is 8.06. The molecule has 1 aromatic carbocycles. The van der Waals surface area contributed by atoms with Gasteiger partial charge in [0.15, 0.2) is 0 Å². The zero-order valence-corrected chi connectivity index (χ0v) is 19.2. The largest absolute Gasteiger partial charge is 0.465 e. The van der Waals surface area contributed by atoms with Gasteiger partial charge in [-0.15, -0.1) is 0 Å². The van der Waals surface area contributed by atoms with Crippen LogP contribution in [0.25, 0.3) is 0 Å². The molecule has 172 valence electrons. The second-order valence-corrected chi connectivity index (χ2v) is 10.4. The fraction of sp³-hybridized carbons (Fsp3) is 0.565. The lowest BCUT2D eigenvalue weighted by Crippen LogP contribution is -2.52. The molecule has 8 nitrogen and oxygen atoms in total. The van der Waals surface area contributed by atoms with Crippen LogP contribution in [0.5, 0.6) is 0 Å². The fourth-order valence-corrected chi connectivity index (χ4v) is 5.65. The van der Waals surface area contributed by atoms with Crippen LogP contribution >= 0.6 is 11.6 Å². The van der Waals surface area contributed by atoms with Crippen LogP contribution in [-0.4, -0.2) is 57.9 Å². The average Bonchev–Trinajstić information content (AvgIpc) is 3.04. The molecule has 4 rings (SSSR count). The number of carboxylic acid groups (broad SMARTS) is 1. The number of benzene rings is 1. The zero-order valence-electron chi connectivity index (χ0n) is 18.5. The van der Waals surface area contributed by atoms with Crippen molar-refractivity contribution in [2.45, 2.75) is 58.5 Å². The van der Waals surface area contributed by atoms with E-state index in [9.17, 15) is 24.3 Å². The minimum Gasteiger partial charge on any atom is -0.465 e. The summed E-state index contributed by atoms with van der Waals surface area (Å²) in [7, 11) is 0. The number of nitrogens with one attached hydrogen (secondary N) is 1.